The summed E-state index contributed by atoms with van der Waals surface area (Å²) in [4.78, 5) is 11.6. The quantitative estimate of drug-likeness (QED) is 0.677. The van der Waals surface area contributed by atoms with Crippen LogP contribution < -0.4 is 11.3 Å². The van der Waals surface area contributed by atoms with Gasteiger partial charge in [-0.15, -0.1) is 0 Å². The van der Waals surface area contributed by atoms with Crippen LogP contribution in [0.15, 0.2) is 10.9 Å². The largest absolute Gasteiger partial charge is 0.322 e. The van der Waals surface area contributed by atoms with Crippen LogP contribution in [0.5, 0.6) is 0 Å². The average molecular weight is 181 g/mol. The molecule has 0 saturated heterocycles. The Morgan fingerprint density at radius 2 is 2.08 bits per heavy atom. The maximum atomic E-state index is 11.6. The molecule has 0 spiro atoms. The van der Waals surface area contributed by atoms with Gasteiger partial charge in [-0.05, 0) is 26.8 Å². The minimum absolute atomic E-state index is 0.127. The van der Waals surface area contributed by atoms with Gasteiger partial charge in [-0.2, -0.15) is 5.10 Å². The van der Waals surface area contributed by atoms with Gasteiger partial charge in [-0.1, -0.05) is 0 Å². The van der Waals surface area contributed by atoms with Crippen LogP contribution in [0.25, 0.3) is 0 Å². The maximum Gasteiger partial charge on any atom is 0.271 e. The summed E-state index contributed by atoms with van der Waals surface area (Å²) in [7, 11) is 1.63. The smallest absolute Gasteiger partial charge is 0.271 e. The van der Waals surface area contributed by atoms with Gasteiger partial charge >= 0.3 is 0 Å². The van der Waals surface area contributed by atoms with E-state index in [1.807, 2.05) is 20.8 Å². The van der Waals surface area contributed by atoms with Crippen LogP contribution in [0.1, 0.15) is 25.1 Å². The summed E-state index contributed by atoms with van der Waals surface area (Å²) in [6.07, 6.45) is 0. The Balaban J connectivity index is 3.47. The summed E-state index contributed by atoms with van der Waals surface area (Å²) >= 11 is 0. The van der Waals surface area contributed by atoms with Crippen molar-refractivity contribution in [3.8, 4) is 0 Å². The van der Waals surface area contributed by atoms with Gasteiger partial charge in [0.25, 0.3) is 5.56 Å². The fraction of sp³-hybridized carbons (Fsp3) is 0.556. The van der Waals surface area contributed by atoms with E-state index in [4.69, 9.17) is 5.73 Å². The summed E-state index contributed by atoms with van der Waals surface area (Å²) in [5.41, 5.74) is 6.52. The van der Waals surface area contributed by atoms with Crippen LogP contribution >= 0.6 is 0 Å². The minimum Gasteiger partial charge on any atom is -0.322 e. The van der Waals surface area contributed by atoms with E-state index in [9.17, 15) is 4.79 Å². The molecule has 0 aromatic carbocycles. The molecule has 72 valence electrons. The first-order valence-electron chi connectivity index (χ1n) is 4.16. The molecule has 1 heterocycles. The molecule has 0 amide bonds. The lowest BCUT2D eigenvalue weighted by molar-refractivity contribution is 0.527. The van der Waals surface area contributed by atoms with Crippen molar-refractivity contribution in [3.05, 3.63) is 27.7 Å². The van der Waals surface area contributed by atoms with Crippen molar-refractivity contribution in [2.75, 3.05) is 0 Å². The van der Waals surface area contributed by atoms with E-state index >= 15 is 0 Å². The number of aromatic nitrogens is 2. The highest BCUT2D eigenvalue weighted by Crippen LogP contribution is 2.11. The molecule has 0 aliphatic rings. The average Bonchev–Trinajstić information content (AvgIpc) is 1.94. The monoisotopic (exact) mass is 181 g/mol. The standard InChI is InChI=1S/C9H15N3O/c1-6-5-7(9(2,3)10)8(13)12(4)11-6/h5H,10H2,1-4H3. The zero-order chi connectivity index (χ0) is 10.2. The predicted molar refractivity (Wildman–Crippen MR) is 51.4 cm³/mol. The molecular weight excluding hydrogens is 166 g/mol. The van der Waals surface area contributed by atoms with Crippen LogP contribution in [-0.4, -0.2) is 9.78 Å². The Morgan fingerprint density at radius 1 is 1.54 bits per heavy atom. The van der Waals surface area contributed by atoms with E-state index in [0.717, 1.165) is 5.69 Å². The fourth-order valence-electron chi connectivity index (χ4n) is 1.22. The van der Waals surface area contributed by atoms with Gasteiger partial charge in [-0.25, -0.2) is 4.68 Å². The van der Waals surface area contributed by atoms with Gasteiger partial charge in [0.05, 0.1) is 5.69 Å². The van der Waals surface area contributed by atoms with Crippen LogP contribution in [0.2, 0.25) is 0 Å². The molecule has 0 radical (unpaired) electrons. The predicted octanol–water partition coefficient (Wildman–Crippen LogP) is 0.283. The third-order valence-corrected chi connectivity index (χ3v) is 1.88. The van der Waals surface area contributed by atoms with Crippen molar-refractivity contribution in [3.63, 3.8) is 0 Å². The molecule has 1 aromatic rings. The van der Waals surface area contributed by atoms with Crippen molar-refractivity contribution in [1.29, 1.82) is 0 Å². The van der Waals surface area contributed by atoms with Crippen molar-refractivity contribution in [2.24, 2.45) is 12.8 Å². The van der Waals surface area contributed by atoms with E-state index in [1.54, 1.807) is 13.1 Å². The lowest BCUT2D eigenvalue weighted by Crippen LogP contribution is -2.38. The Labute approximate surface area is 77.4 Å². The highest BCUT2D eigenvalue weighted by molar-refractivity contribution is 5.20. The molecule has 1 rings (SSSR count). The summed E-state index contributed by atoms with van der Waals surface area (Å²) in [6, 6.07) is 1.74. The van der Waals surface area contributed by atoms with Crippen LogP contribution in [0.4, 0.5) is 0 Å². The first-order chi connectivity index (χ1) is 5.82. The highest BCUT2D eigenvalue weighted by Gasteiger charge is 2.19. The molecule has 13 heavy (non-hydrogen) atoms. The first-order valence-corrected chi connectivity index (χ1v) is 4.16. The van der Waals surface area contributed by atoms with E-state index < -0.39 is 5.54 Å². The van der Waals surface area contributed by atoms with Gasteiger partial charge in [-0.3, -0.25) is 4.79 Å². The van der Waals surface area contributed by atoms with Crippen LogP contribution in [0, 0.1) is 6.92 Å². The van der Waals surface area contributed by atoms with Gasteiger partial charge in [0.15, 0.2) is 0 Å². The topological polar surface area (TPSA) is 60.9 Å². The number of hydrogen-bond acceptors (Lipinski definition) is 3. The molecule has 0 atom stereocenters. The molecule has 0 fully saturated rings. The second-order valence-corrected chi connectivity index (χ2v) is 3.85. The molecular formula is C9H15N3O. The van der Waals surface area contributed by atoms with Crippen molar-refractivity contribution in [2.45, 2.75) is 26.3 Å². The second-order valence-electron chi connectivity index (χ2n) is 3.85. The van der Waals surface area contributed by atoms with E-state index in [1.165, 1.54) is 4.68 Å². The normalized spacial score (nSPS) is 11.8. The zero-order valence-corrected chi connectivity index (χ0v) is 8.46. The summed E-state index contributed by atoms with van der Waals surface area (Å²) in [6.45, 7) is 5.46. The van der Waals surface area contributed by atoms with Crippen LogP contribution in [0.3, 0.4) is 0 Å². The third-order valence-electron chi connectivity index (χ3n) is 1.88. The van der Waals surface area contributed by atoms with Gasteiger partial charge < -0.3 is 5.73 Å². The Morgan fingerprint density at radius 3 is 2.54 bits per heavy atom. The van der Waals surface area contributed by atoms with Gasteiger partial charge in [0, 0.05) is 18.2 Å². The van der Waals surface area contributed by atoms with E-state index in [2.05, 4.69) is 5.10 Å². The number of nitrogens with two attached hydrogens (primary N) is 1. The fourth-order valence-corrected chi connectivity index (χ4v) is 1.22. The van der Waals surface area contributed by atoms with Crippen LogP contribution in [-0.2, 0) is 12.6 Å². The maximum absolute atomic E-state index is 11.6. The van der Waals surface area contributed by atoms with E-state index in [0.29, 0.717) is 5.56 Å². The van der Waals surface area contributed by atoms with Crippen molar-refractivity contribution < 1.29 is 0 Å². The summed E-state index contributed by atoms with van der Waals surface area (Å²) in [5, 5.41) is 4.00. The molecule has 0 aliphatic carbocycles. The number of aryl methyl sites for hydroxylation is 2. The second kappa shape index (κ2) is 2.96. The number of nitrogens with zero attached hydrogens (tertiary/aromatic N) is 2. The van der Waals surface area contributed by atoms with Crippen molar-refractivity contribution in [1.82, 2.24) is 9.78 Å². The number of rotatable bonds is 1. The van der Waals surface area contributed by atoms with E-state index in [-0.39, 0.29) is 5.56 Å². The molecule has 0 bridgehead atoms. The lowest BCUT2D eigenvalue weighted by atomic mass is 9.97. The number of hydrogen-bond donors (Lipinski definition) is 1. The zero-order valence-electron chi connectivity index (χ0n) is 8.46. The summed E-state index contributed by atoms with van der Waals surface area (Å²) < 4.78 is 1.32. The van der Waals surface area contributed by atoms with Crippen molar-refractivity contribution >= 4 is 0 Å². The Hall–Kier alpha value is -1.16. The van der Waals surface area contributed by atoms with Gasteiger partial charge in [0.2, 0.25) is 0 Å². The SMILES string of the molecule is Cc1cc(C(C)(C)N)c(=O)n(C)n1. The molecule has 0 saturated carbocycles. The lowest BCUT2D eigenvalue weighted by Gasteiger charge is -2.18. The molecule has 2 N–H and O–H groups in total. The minimum atomic E-state index is -0.609. The molecule has 4 heteroatoms. The Kier molecular flexibility index (Phi) is 2.26. The molecule has 0 unspecified atom stereocenters. The van der Waals surface area contributed by atoms with Gasteiger partial charge in [0.1, 0.15) is 0 Å². The third kappa shape index (κ3) is 1.95. The summed E-state index contributed by atoms with van der Waals surface area (Å²) in [5.74, 6) is 0. The molecule has 1 aromatic heterocycles. The first kappa shape index (κ1) is 9.92. The molecule has 0 aliphatic heterocycles. The highest BCUT2D eigenvalue weighted by atomic mass is 16.1. The molecule has 4 nitrogen and oxygen atoms in total. The Bertz CT molecular complexity index is 373.